The van der Waals surface area contributed by atoms with Crippen molar-refractivity contribution in [3.63, 3.8) is 0 Å². The van der Waals surface area contributed by atoms with Crippen molar-refractivity contribution in [2.45, 2.75) is 18.7 Å². The standard InChI is InChI=1S/C17H18N2S/c1-4-20-17-11-7-10-16(14(17)12-18)19(3)15-9-6-5-8-13(15)2/h5-11H,4H2,1-3H3. The van der Waals surface area contributed by atoms with Crippen LogP contribution >= 0.6 is 11.8 Å². The van der Waals surface area contributed by atoms with Crippen molar-refractivity contribution in [1.82, 2.24) is 0 Å². The number of benzene rings is 2. The average Bonchev–Trinajstić information content (AvgIpc) is 2.47. The predicted molar refractivity (Wildman–Crippen MR) is 86.8 cm³/mol. The van der Waals surface area contributed by atoms with Gasteiger partial charge < -0.3 is 4.90 Å². The Morgan fingerprint density at radius 2 is 1.80 bits per heavy atom. The summed E-state index contributed by atoms with van der Waals surface area (Å²) in [5.74, 6) is 0.964. The lowest BCUT2D eigenvalue weighted by Crippen LogP contribution is -2.12. The van der Waals surface area contributed by atoms with Gasteiger partial charge in [0.05, 0.1) is 11.3 Å². The van der Waals surface area contributed by atoms with Crippen LogP contribution in [0.4, 0.5) is 11.4 Å². The molecule has 2 aromatic rings. The summed E-state index contributed by atoms with van der Waals surface area (Å²) < 4.78 is 0. The molecule has 0 aliphatic carbocycles. The largest absolute Gasteiger partial charge is 0.343 e. The monoisotopic (exact) mass is 282 g/mol. The summed E-state index contributed by atoms with van der Waals surface area (Å²) in [6, 6.07) is 16.6. The van der Waals surface area contributed by atoms with Gasteiger partial charge in [-0.1, -0.05) is 31.2 Å². The van der Waals surface area contributed by atoms with E-state index in [4.69, 9.17) is 0 Å². The van der Waals surface area contributed by atoms with E-state index in [1.54, 1.807) is 11.8 Å². The van der Waals surface area contributed by atoms with Gasteiger partial charge in [-0.3, -0.25) is 0 Å². The van der Waals surface area contributed by atoms with E-state index < -0.39 is 0 Å². The first-order valence-electron chi connectivity index (χ1n) is 6.64. The van der Waals surface area contributed by atoms with E-state index in [2.05, 4.69) is 36.9 Å². The quantitative estimate of drug-likeness (QED) is 0.757. The van der Waals surface area contributed by atoms with Crippen LogP contribution in [0.2, 0.25) is 0 Å². The first kappa shape index (κ1) is 14.5. The molecular formula is C17H18N2S. The van der Waals surface area contributed by atoms with Crippen molar-refractivity contribution < 1.29 is 0 Å². The van der Waals surface area contributed by atoms with Crippen molar-refractivity contribution in [1.29, 1.82) is 5.26 Å². The normalized spacial score (nSPS) is 10.1. The molecule has 0 aromatic heterocycles. The number of hydrogen-bond donors (Lipinski definition) is 0. The number of thioether (sulfide) groups is 1. The Hall–Kier alpha value is -1.92. The van der Waals surface area contributed by atoms with Gasteiger partial charge in [-0.15, -0.1) is 11.8 Å². The molecule has 0 spiro atoms. The molecule has 0 bridgehead atoms. The molecule has 0 unspecified atom stereocenters. The lowest BCUT2D eigenvalue weighted by atomic mass is 10.1. The second-order valence-corrected chi connectivity index (χ2v) is 5.85. The van der Waals surface area contributed by atoms with Crippen LogP contribution < -0.4 is 4.90 Å². The molecule has 102 valence electrons. The molecule has 2 nitrogen and oxygen atoms in total. The van der Waals surface area contributed by atoms with Gasteiger partial charge in [-0.05, 0) is 36.4 Å². The predicted octanol–water partition coefficient (Wildman–Crippen LogP) is 4.75. The zero-order valence-electron chi connectivity index (χ0n) is 12.1. The highest BCUT2D eigenvalue weighted by molar-refractivity contribution is 7.99. The van der Waals surface area contributed by atoms with Gasteiger partial charge in [0.2, 0.25) is 0 Å². The topological polar surface area (TPSA) is 27.0 Å². The van der Waals surface area contributed by atoms with Crippen molar-refractivity contribution in [2.24, 2.45) is 0 Å². The van der Waals surface area contributed by atoms with E-state index >= 15 is 0 Å². The third-order valence-corrected chi connectivity index (χ3v) is 4.19. The fourth-order valence-electron chi connectivity index (χ4n) is 2.26. The molecule has 0 atom stereocenters. The minimum atomic E-state index is 0.755. The van der Waals surface area contributed by atoms with Gasteiger partial charge in [0, 0.05) is 17.6 Å². The summed E-state index contributed by atoms with van der Waals surface area (Å²) in [5, 5.41) is 9.50. The van der Waals surface area contributed by atoms with Gasteiger partial charge >= 0.3 is 0 Å². The highest BCUT2D eigenvalue weighted by Gasteiger charge is 2.14. The van der Waals surface area contributed by atoms with Crippen molar-refractivity contribution in [3.8, 4) is 6.07 Å². The zero-order chi connectivity index (χ0) is 14.5. The highest BCUT2D eigenvalue weighted by atomic mass is 32.2. The molecule has 0 aliphatic heterocycles. The van der Waals surface area contributed by atoms with Crippen LogP contribution in [0, 0.1) is 18.3 Å². The number of para-hydroxylation sites is 1. The Morgan fingerprint density at radius 1 is 1.10 bits per heavy atom. The molecule has 3 heteroatoms. The SMILES string of the molecule is CCSc1cccc(N(C)c2ccccc2C)c1C#N. The Balaban J connectivity index is 2.50. The molecular weight excluding hydrogens is 264 g/mol. The molecule has 0 N–H and O–H groups in total. The molecule has 0 aliphatic rings. The Bertz CT molecular complexity index is 644. The fraction of sp³-hybridized carbons (Fsp3) is 0.235. The number of hydrogen-bond acceptors (Lipinski definition) is 3. The van der Waals surface area contributed by atoms with E-state index in [9.17, 15) is 5.26 Å². The average molecular weight is 282 g/mol. The smallest absolute Gasteiger partial charge is 0.103 e. The number of rotatable bonds is 4. The summed E-state index contributed by atoms with van der Waals surface area (Å²) in [4.78, 5) is 3.14. The summed E-state index contributed by atoms with van der Waals surface area (Å²) in [6.45, 7) is 4.19. The minimum absolute atomic E-state index is 0.755. The molecule has 0 saturated heterocycles. The van der Waals surface area contributed by atoms with E-state index in [0.29, 0.717) is 0 Å². The summed E-state index contributed by atoms with van der Waals surface area (Å²) >= 11 is 1.71. The van der Waals surface area contributed by atoms with Crippen LogP contribution in [0.3, 0.4) is 0 Å². The third-order valence-electron chi connectivity index (χ3n) is 3.25. The van der Waals surface area contributed by atoms with Crippen molar-refractivity contribution >= 4 is 23.1 Å². The summed E-state index contributed by atoms with van der Waals surface area (Å²) in [7, 11) is 2.01. The molecule has 0 fully saturated rings. The second kappa shape index (κ2) is 6.49. The van der Waals surface area contributed by atoms with Crippen LogP contribution in [0.25, 0.3) is 0 Å². The van der Waals surface area contributed by atoms with E-state index in [0.717, 1.165) is 27.6 Å². The van der Waals surface area contributed by atoms with Crippen LogP contribution in [0.5, 0.6) is 0 Å². The van der Waals surface area contributed by atoms with Crippen molar-refractivity contribution in [3.05, 3.63) is 53.6 Å². The van der Waals surface area contributed by atoms with Crippen LogP contribution in [-0.4, -0.2) is 12.8 Å². The first-order valence-corrected chi connectivity index (χ1v) is 7.62. The van der Waals surface area contributed by atoms with E-state index in [-0.39, 0.29) is 0 Å². The molecule has 0 saturated carbocycles. The molecule has 0 heterocycles. The minimum Gasteiger partial charge on any atom is -0.343 e. The van der Waals surface area contributed by atoms with Crippen LogP contribution in [-0.2, 0) is 0 Å². The van der Waals surface area contributed by atoms with Crippen molar-refractivity contribution in [2.75, 3.05) is 17.7 Å². The number of nitrogens with zero attached hydrogens (tertiary/aromatic N) is 2. The Morgan fingerprint density at radius 3 is 2.45 bits per heavy atom. The Labute approximate surface area is 125 Å². The fourth-order valence-corrected chi connectivity index (χ4v) is 3.04. The van der Waals surface area contributed by atoms with Crippen LogP contribution in [0.15, 0.2) is 47.4 Å². The second-order valence-electron chi connectivity index (χ2n) is 4.54. The summed E-state index contributed by atoms with van der Waals surface area (Å²) in [6.07, 6.45) is 0. The lowest BCUT2D eigenvalue weighted by Gasteiger charge is -2.23. The highest BCUT2D eigenvalue weighted by Crippen LogP contribution is 2.34. The van der Waals surface area contributed by atoms with Gasteiger partial charge in [0.25, 0.3) is 0 Å². The van der Waals surface area contributed by atoms with Gasteiger partial charge in [-0.25, -0.2) is 0 Å². The van der Waals surface area contributed by atoms with Gasteiger partial charge in [0.1, 0.15) is 6.07 Å². The molecule has 2 rings (SSSR count). The Kier molecular flexibility index (Phi) is 4.70. The zero-order valence-corrected chi connectivity index (χ0v) is 12.9. The van der Waals surface area contributed by atoms with Gasteiger partial charge in [0.15, 0.2) is 0 Å². The summed E-state index contributed by atoms with van der Waals surface area (Å²) in [5.41, 5.74) is 4.04. The van der Waals surface area contributed by atoms with E-state index in [1.165, 1.54) is 5.56 Å². The first-order chi connectivity index (χ1) is 9.69. The number of anilines is 2. The maximum atomic E-state index is 9.50. The van der Waals surface area contributed by atoms with E-state index in [1.807, 2.05) is 37.4 Å². The van der Waals surface area contributed by atoms with Crippen LogP contribution in [0.1, 0.15) is 18.1 Å². The maximum absolute atomic E-state index is 9.50. The maximum Gasteiger partial charge on any atom is 0.103 e. The number of aryl methyl sites for hydroxylation is 1. The molecule has 0 radical (unpaired) electrons. The third kappa shape index (κ3) is 2.81. The molecule has 2 aromatic carbocycles. The molecule has 20 heavy (non-hydrogen) atoms. The van der Waals surface area contributed by atoms with Gasteiger partial charge in [-0.2, -0.15) is 5.26 Å². The number of nitriles is 1. The lowest BCUT2D eigenvalue weighted by molar-refractivity contribution is 1.16. The molecule has 0 amide bonds.